The number of fused-ring (bicyclic) bond motifs is 3. The zero-order valence-corrected chi connectivity index (χ0v) is 6.82. The van der Waals surface area contributed by atoms with Gasteiger partial charge in [0, 0.05) is 5.54 Å². The van der Waals surface area contributed by atoms with E-state index in [1.54, 1.807) is 0 Å². The van der Waals surface area contributed by atoms with E-state index in [1.165, 1.54) is 38.5 Å². The summed E-state index contributed by atoms with van der Waals surface area (Å²) in [4.78, 5) is 0. The molecule has 3 saturated carbocycles. The smallest absolute Gasteiger partial charge is 0.0155 e. The minimum absolute atomic E-state index is 0.262. The first kappa shape index (κ1) is 6.66. The molecule has 0 saturated heterocycles. The van der Waals surface area contributed by atoms with Gasteiger partial charge in [0.1, 0.15) is 0 Å². The van der Waals surface area contributed by atoms with E-state index in [0.29, 0.717) is 5.41 Å². The second kappa shape index (κ2) is 1.76. The fourth-order valence-electron chi connectivity index (χ4n) is 2.40. The zero-order chi connectivity index (χ0) is 7.24. The van der Waals surface area contributed by atoms with E-state index >= 15 is 0 Å². The molecule has 0 atom stereocenters. The van der Waals surface area contributed by atoms with Crippen molar-refractivity contribution in [2.45, 2.75) is 51.0 Å². The molecule has 0 amide bonds. The van der Waals surface area contributed by atoms with Crippen LogP contribution >= 0.6 is 0 Å². The fraction of sp³-hybridized carbons (Fsp3) is 1.00. The predicted molar refractivity (Wildman–Crippen MR) is 42.7 cm³/mol. The number of nitrogens with two attached hydrogens (primary N) is 1. The summed E-state index contributed by atoms with van der Waals surface area (Å²) in [7, 11) is 0. The van der Waals surface area contributed by atoms with Gasteiger partial charge in [0.2, 0.25) is 0 Å². The maximum atomic E-state index is 6.16. The van der Waals surface area contributed by atoms with Crippen LogP contribution in [0, 0.1) is 5.41 Å². The lowest BCUT2D eigenvalue weighted by atomic mass is 9.58. The average molecular weight is 139 g/mol. The molecular formula is C9H17N. The molecule has 0 radical (unpaired) electrons. The summed E-state index contributed by atoms with van der Waals surface area (Å²) >= 11 is 0. The predicted octanol–water partition coefficient (Wildman–Crippen LogP) is 2.06. The summed E-state index contributed by atoms with van der Waals surface area (Å²) in [5, 5.41) is 0. The maximum Gasteiger partial charge on any atom is 0.0155 e. The van der Waals surface area contributed by atoms with Crippen molar-refractivity contribution in [2.24, 2.45) is 11.1 Å². The van der Waals surface area contributed by atoms with E-state index < -0.39 is 0 Å². The van der Waals surface area contributed by atoms with Crippen LogP contribution in [0.15, 0.2) is 0 Å². The molecule has 3 fully saturated rings. The summed E-state index contributed by atoms with van der Waals surface area (Å²) in [6.07, 6.45) is 7.98. The van der Waals surface area contributed by atoms with Gasteiger partial charge >= 0.3 is 0 Å². The van der Waals surface area contributed by atoms with Crippen molar-refractivity contribution >= 4 is 0 Å². The van der Waals surface area contributed by atoms with Crippen LogP contribution in [0.1, 0.15) is 45.4 Å². The van der Waals surface area contributed by atoms with Crippen molar-refractivity contribution in [1.29, 1.82) is 0 Å². The second-order valence-electron chi connectivity index (χ2n) is 4.67. The fourth-order valence-corrected chi connectivity index (χ4v) is 2.40. The van der Waals surface area contributed by atoms with Crippen LogP contribution in [-0.4, -0.2) is 5.54 Å². The van der Waals surface area contributed by atoms with Crippen LogP contribution < -0.4 is 5.73 Å². The summed E-state index contributed by atoms with van der Waals surface area (Å²) in [5.74, 6) is 0. The highest BCUT2D eigenvalue weighted by molar-refractivity contribution is 5.00. The van der Waals surface area contributed by atoms with Crippen molar-refractivity contribution in [3.63, 3.8) is 0 Å². The Hall–Kier alpha value is -0.0400. The van der Waals surface area contributed by atoms with E-state index in [2.05, 4.69) is 6.92 Å². The Balaban J connectivity index is 2.16. The molecule has 1 nitrogen and oxygen atoms in total. The van der Waals surface area contributed by atoms with Crippen LogP contribution in [0.3, 0.4) is 0 Å². The molecule has 1 heteroatoms. The number of hydrogen-bond acceptors (Lipinski definition) is 1. The first-order chi connectivity index (χ1) is 4.62. The molecule has 0 heterocycles. The van der Waals surface area contributed by atoms with Crippen molar-refractivity contribution in [1.82, 2.24) is 0 Å². The molecular weight excluding hydrogens is 122 g/mol. The first-order valence-electron chi connectivity index (χ1n) is 4.41. The largest absolute Gasteiger partial charge is 0.325 e. The summed E-state index contributed by atoms with van der Waals surface area (Å²) in [5.41, 5.74) is 7.10. The van der Waals surface area contributed by atoms with Gasteiger partial charge in [0.05, 0.1) is 0 Å². The van der Waals surface area contributed by atoms with Gasteiger partial charge in [-0.1, -0.05) is 6.92 Å². The third-order valence-corrected chi connectivity index (χ3v) is 3.68. The Bertz CT molecular complexity index is 108. The van der Waals surface area contributed by atoms with Crippen molar-refractivity contribution in [3.05, 3.63) is 0 Å². The molecule has 2 bridgehead atoms. The van der Waals surface area contributed by atoms with Crippen LogP contribution in [0.25, 0.3) is 0 Å². The summed E-state index contributed by atoms with van der Waals surface area (Å²) in [6.45, 7) is 2.42. The van der Waals surface area contributed by atoms with Crippen molar-refractivity contribution < 1.29 is 0 Å². The normalized spacial score (nSPS) is 53.4. The summed E-state index contributed by atoms with van der Waals surface area (Å²) in [6, 6.07) is 0. The second-order valence-corrected chi connectivity index (χ2v) is 4.67. The lowest BCUT2D eigenvalue weighted by Gasteiger charge is -2.50. The minimum Gasteiger partial charge on any atom is -0.325 e. The van der Waals surface area contributed by atoms with Gasteiger partial charge in [-0.15, -0.1) is 0 Å². The highest BCUT2D eigenvalue weighted by Crippen LogP contribution is 2.50. The van der Waals surface area contributed by atoms with Gasteiger partial charge in [-0.2, -0.15) is 0 Å². The Labute approximate surface area is 63.0 Å². The Kier molecular flexibility index (Phi) is 1.17. The molecule has 0 aliphatic heterocycles. The van der Waals surface area contributed by atoms with Crippen LogP contribution in [-0.2, 0) is 0 Å². The third kappa shape index (κ3) is 0.878. The van der Waals surface area contributed by atoms with Gasteiger partial charge in [-0.3, -0.25) is 0 Å². The van der Waals surface area contributed by atoms with E-state index in [0.717, 1.165) is 0 Å². The molecule has 10 heavy (non-hydrogen) atoms. The minimum atomic E-state index is 0.262. The van der Waals surface area contributed by atoms with Crippen LogP contribution in [0.4, 0.5) is 0 Å². The highest BCUT2D eigenvalue weighted by atomic mass is 14.8. The van der Waals surface area contributed by atoms with Gasteiger partial charge in [-0.05, 0) is 43.9 Å². The van der Waals surface area contributed by atoms with Crippen molar-refractivity contribution in [2.75, 3.05) is 0 Å². The van der Waals surface area contributed by atoms with Crippen molar-refractivity contribution in [3.8, 4) is 0 Å². The van der Waals surface area contributed by atoms with Crippen LogP contribution in [0.2, 0.25) is 0 Å². The van der Waals surface area contributed by atoms with Gasteiger partial charge in [0.15, 0.2) is 0 Å². The van der Waals surface area contributed by atoms with E-state index in [9.17, 15) is 0 Å². The van der Waals surface area contributed by atoms with Gasteiger partial charge in [-0.25, -0.2) is 0 Å². The number of hydrogen-bond donors (Lipinski definition) is 1. The molecule has 0 aromatic rings. The van der Waals surface area contributed by atoms with E-state index in [4.69, 9.17) is 5.73 Å². The standard InChI is InChI=1S/C9H17N/c1-8-2-5-9(10,6-3-8)7-4-8/h2-7,10H2,1H3. The molecule has 0 unspecified atom stereocenters. The molecule has 3 aliphatic rings. The lowest BCUT2D eigenvalue weighted by Crippen LogP contribution is -2.50. The monoisotopic (exact) mass is 139 g/mol. The summed E-state index contributed by atoms with van der Waals surface area (Å²) < 4.78 is 0. The lowest BCUT2D eigenvalue weighted by molar-refractivity contribution is 0.0607. The SMILES string of the molecule is CC12CCC(N)(CC1)CC2. The quantitative estimate of drug-likeness (QED) is 0.546. The third-order valence-electron chi connectivity index (χ3n) is 3.68. The zero-order valence-electron chi connectivity index (χ0n) is 6.82. The molecule has 0 spiro atoms. The average Bonchev–Trinajstić information content (AvgIpc) is 1.93. The van der Waals surface area contributed by atoms with Gasteiger partial charge < -0.3 is 5.73 Å². The van der Waals surface area contributed by atoms with Gasteiger partial charge in [0.25, 0.3) is 0 Å². The topological polar surface area (TPSA) is 26.0 Å². The Morgan fingerprint density at radius 2 is 1.30 bits per heavy atom. The van der Waals surface area contributed by atoms with Crippen LogP contribution in [0.5, 0.6) is 0 Å². The molecule has 2 N–H and O–H groups in total. The maximum absolute atomic E-state index is 6.16. The molecule has 0 aromatic heterocycles. The molecule has 58 valence electrons. The van der Waals surface area contributed by atoms with E-state index in [-0.39, 0.29) is 5.54 Å². The highest BCUT2D eigenvalue weighted by Gasteiger charge is 2.43. The molecule has 3 aliphatic carbocycles. The van der Waals surface area contributed by atoms with E-state index in [1.807, 2.05) is 0 Å². The first-order valence-corrected chi connectivity index (χ1v) is 4.41. The molecule has 0 aromatic carbocycles. The molecule has 3 rings (SSSR count). The number of rotatable bonds is 0. The Morgan fingerprint density at radius 1 is 0.900 bits per heavy atom. The Morgan fingerprint density at radius 3 is 1.60 bits per heavy atom.